The van der Waals surface area contributed by atoms with Crippen LogP contribution in [0.25, 0.3) is 0 Å². The van der Waals surface area contributed by atoms with Gasteiger partial charge in [-0.3, -0.25) is 4.79 Å². The van der Waals surface area contributed by atoms with Gasteiger partial charge in [-0.25, -0.2) is 9.97 Å². The first kappa shape index (κ1) is 13.5. The number of aliphatic carboxylic acids is 1. The first-order valence-electron chi connectivity index (χ1n) is 7.28. The van der Waals surface area contributed by atoms with Gasteiger partial charge in [-0.15, -0.1) is 0 Å². The zero-order valence-electron chi connectivity index (χ0n) is 11.8. The van der Waals surface area contributed by atoms with E-state index in [0.717, 1.165) is 49.2 Å². The van der Waals surface area contributed by atoms with Crippen LogP contribution < -0.4 is 0 Å². The van der Waals surface area contributed by atoms with Crippen LogP contribution in [-0.2, 0) is 28.0 Å². The molecule has 1 saturated carbocycles. The molecule has 0 saturated heterocycles. The zero-order valence-corrected chi connectivity index (χ0v) is 11.8. The van der Waals surface area contributed by atoms with E-state index in [1.54, 1.807) is 7.11 Å². The van der Waals surface area contributed by atoms with E-state index in [1.807, 2.05) is 6.20 Å². The van der Waals surface area contributed by atoms with Crippen LogP contribution in [0.5, 0.6) is 0 Å². The number of carboxylic acid groups (broad SMARTS) is 1. The van der Waals surface area contributed by atoms with Gasteiger partial charge in [0.05, 0.1) is 5.92 Å². The highest BCUT2D eigenvalue weighted by molar-refractivity contribution is 5.70. The lowest BCUT2D eigenvalue weighted by atomic mass is 9.87. The predicted octanol–water partition coefficient (Wildman–Crippen LogP) is 2.08. The number of hydrogen-bond donors (Lipinski definition) is 1. The molecular formula is C15H20N2O3. The monoisotopic (exact) mass is 276 g/mol. The Labute approximate surface area is 118 Å². The van der Waals surface area contributed by atoms with E-state index in [-0.39, 0.29) is 11.5 Å². The minimum Gasteiger partial charge on any atom is -0.481 e. The summed E-state index contributed by atoms with van der Waals surface area (Å²) in [5.74, 6) is -0.228. The van der Waals surface area contributed by atoms with Gasteiger partial charge in [0, 0.05) is 19.0 Å². The molecule has 0 aliphatic heterocycles. The van der Waals surface area contributed by atoms with E-state index in [4.69, 9.17) is 14.8 Å². The fraction of sp³-hybridized carbons (Fsp3) is 0.667. The number of rotatable bonds is 3. The summed E-state index contributed by atoms with van der Waals surface area (Å²) < 4.78 is 5.72. The Bertz CT molecular complexity index is 524. The number of hydrogen-bond acceptors (Lipinski definition) is 4. The average Bonchev–Trinajstić information content (AvgIpc) is 2.96. The highest BCUT2D eigenvalue weighted by Gasteiger charge is 2.39. The summed E-state index contributed by atoms with van der Waals surface area (Å²) in [7, 11) is 1.73. The topological polar surface area (TPSA) is 72.3 Å². The molecule has 3 rings (SSSR count). The third-order valence-corrected chi connectivity index (χ3v) is 4.71. The molecule has 2 aliphatic rings. The molecule has 1 unspecified atom stereocenters. The molecule has 1 atom stereocenters. The number of ether oxygens (including phenoxy) is 1. The van der Waals surface area contributed by atoms with Gasteiger partial charge in [-0.2, -0.15) is 0 Å². The second-order valence-corrected chi connectivity index (χ2v) is 5.85. The Hall–Kier alpha value is -1.49. The van der Waals surface area contributed by atoms with E-state index in [1.165, 1.54) is 0 Å². The second-order valence-electron chi connectivity index (χ2n) is 5.85. The minimum atomic E-state index is -0.719. The van der Waals surface area contributed by atoms with Gasteiger partial charge < -0.3 is 9.84 Å². The van der Waals surface area contributed by atoms with Crippen molar-refractivity contribution in [1.82, 2.24) is 9.97 Å². The summed E-state index contributed by atoms with van der Waals surface area (Å²) in [6.07, 6.45) is 7.99. The van der Waals surface area contributed by atoms with Gasteiger partial charge in [-0.1, -0.05) is 0 Å². The summed E-state index contributed by atoms with van der Waals surface area (Å²) in [6.45, 7) is 0. The Kier molecular flexibility index (Phi) is 3.46. The normalized spacial score (nSPS) is 24.4. The first-order chi connectivity index (χ1) is 9.64. The van der Waals surface area contributed by atoms with Gasteiger partial charge in [0.25, 0.3) is 0 Å². The Morgan fingerprint density at radius 3 is 2.85 bits per heavy atom. The van der Waals surface area contributed by atoms with Crippen LogP contribution in [0.2, 0.25) is 0 Å². The van der Waals surface area contributed by atoms with Crippen molar-refractivity contribution in [3.63, 3.8) is 0 Å². The van der Waals surface area contributed by atoms with Crippen LogP contribution in [0, 0.1) is 5.92 Å². The maximum absolute atomic E-state index is 11.1. The molecule has 0 amide bonds. The van der Waals surface area contributed by atoms with Crippen LogP contribution in [0.4, 0.5) is 0 Å². The third kappa shape index (κ3) is 2.20. The van der Waals surface area contributed by atoms with E-state index in [0.29, 0.717) is 12.8 Å². The van der Waals surface area contributed by atoms with Crippen molar-refractivity contribution in [3.05, 3.63) is 23.3 Å². The van der Waals surface area contributed by atoms with Gasteiger partial charge in [0.1, 0.15) is 5.60 Å². The van der Waals surface area contributed by atoms with Crippen LogP contribution in [0.1, 0.15) is 49.2 Å². The molecule has 0 aromatic carbocycles. The molecule has 5 heteroatoms. The number of aryl methyl sites for hydroxylation is 1. The van der Waals surface area contributed by atoms with Crippen LogP contribution in [0.15, 0.2) is 6.20 Å². The molecule has 1 N–H and O–H groups in total. The highest BCUT2D eigenvalue weighted by Crippen LogP contribution is 2.40. The lowest BCUT2D eigenvalue weighted by Crippen LogP contribution is -2.30. The van der Waals surface area contributed by atoms with E-state index in [2.05, 4.69) is 4.98 Å². The summed E-state index contributed by atoms with van der Waals surface area (Å²) in [4.78, 5) is 20.3. The summed E-state index contributed by atoms with van der Waals surface area (Å²) in [5.41, 5.74) is 1.67. The largest absolute Gasteiger partial charge is 0.481 e. The molecule has 0 spiro atoms. The maximum Gasteiger partial charge on any atom is 0.306 e. The number of carbonyl (C=O) groups is 1. The molecule has 1 aromatic heterocycles. The van der Waals surface area contributed by atoms with Gasteiger partial charge in [0.2, 0.25) is 0 Å². The fourth-order valence-corrected chi connectivity index (χ4v) is 3.40. The smallest absolute Gasteiger partial charge is 0.306 e. The van der Waals surface area contributed by atoms with Crippen LogP contribution in [-0.4, -0.2) is 28.2 Å². The zero-order chi connectivity index (χ0) is 14.2. The summed E-state index contributed by atoms with van der Waals surface area (Å²) in [6, 6.07) is 0. The van der Waals surface area contributed by atoms with Crippen molar-refractivity contribution in [2.24, 2.45) is 5.92 Å². The van der Waals surface area contributed by atoms with Crippen molar-refractivity contribution in [2.75, 3.05) is 7.11 Å². The highest BCUT2D eigenvalue weighted by atomic mass is 16.5. The molecule has 2 aliphatic carbocycles. The van der Waals surface area contributed by atoms with Gasteiger partial charge >= 0.3 is 5.97 Å². The van der Waals surface area contributed by atoms with Gasteiger partial charge in [-0.05, 0) is 50.5 Å². The molecule has 1 heterocycles. The lowest BCUT2D eigenvalue weighted by molar-refractivity contribution is -0.142. The molecule has 0 radical (unpaired) electrons. The molecule has 108 valence electrons. The van der Waals surface area contributed by atoms with Crippen LogP contribution in [0.3, 0.4) is 0 Å². The number of carboxylic acids is 1. The minimum absolute atomic E-state index is 0.292. The number of aromatic nitrogens is 2. The Morgan fingerprint density at radius 1 is 1.45 bits per heavy atom. The summed E-state index contributed by atoms with van der Waals surface area (Å²) in [5, 5.41) is 9.11. The quantitative estimate of drug-likeness (QED) is 0.915. The maximum atomic E-state index is 11.1. The Morgan fingerprint density at radius 2 is 2.20 bits per heavy atom. The SMILES string of the molecule is COC1(c2ncc3c(n2)CCC(C(=O)O)C3)CCCC1. The van der Waals surface area contributed by atoms with E-state index in [9.17, 15) is 4.79 Å². The molecule has 20 heavy (non-hydrogen) atoms. The molecular weight excluding hydrogens is 256 g/mol. The van der Waals surface area contributed by atoms with E-state index >= 15 is 0 Å². The average molecular weight is 276 g/mol. The van der Waals surface area contributed by atoms with Gasteiger partial charge in [0.15, 0.2) is 5.82 Å². The first-order valence-corrected chi connectivity index (χ1v) is 7.28. The predicted molar refractivity (Wildman–Crippen MR) is 72.3 cm³/mol. The van der Waals surface area contributed by atoms with E-state index < -0.39 is 5.97 Å². The molecule has 0 bridgehead atoms. The van der Waals surface area contributed by atoms with Crippen molar-refractivity contribution >= 4 is 5.97 Å². The number of methoxy groups -OCH3 is 1. The second kappa shape index (κ2) is 5.13. The van der Waals surface area contributed by atoms with Crippen molar-refractivity contribution in [1.29, 1.82) is 0 Å². The summed E-state index contributed by atoms with van der Waals surface area (Å²) >= 11 is 0. The van der Waals surface area contributed by atoms with Crippen molar-refractivity contribution < 1.29 is 14.6 Å². The molecule has 1 aromatic rings. The lowest BCUT2D eigenvalue weighted by Gasteiger charge is -2.28. The third-order valence-electron chi connectivity index (χ3n) is 4.71. The molecule has 5 nitrogen and oxygen atoms in total. The number of nitrogens with zero attached hydrogens (tertiary/aromatic N) is 2. The van der Waals surface area contributed by atoms with Crippen molar-refractivity contribution in [3.8, 4) is 0 Å². The Balaban J connectivity index is 1.89. The van der Waals surface area contributed by atoms with Crippen molar-refractivity contribution in [2.45, 2.75) is 50.5 Å². The fourth-order valence-electron chi connectivity index (χ4n) is 3.40. The molecule has 1 fully saturated rings. The number of fused-ring (bicyclic) bond motifs is 1. The standard InChI is InChI=1S/C15H20N2O3/c1-20-15(6-2-3-7-15)14-16-9-11-8-10(13(18)19)4-5-12(11)17-14/h9-10H,2-8H2,1H3,(H,18,19). The van der Waals surface area contributed by atoms with Crippen LogP contribution >= 0.6 is 0 Å².